The first-order chi connectivity index (χ1) is 11.0. The molecule has 0 radical (unpaired) electrons. The van der Waals surface area contributed by atoms with Crippen LogP contribution < -0.4 is 0 Å². The number of halogens is 1. The van der Waals surface area contributed by atoms with Crippen molar-refractivity contribution in [2.45, 2.75) is 46.5 Å². The third-order valence-corrected chi connectivity index (χ3v) is 4.75. The molecule has 1 aliphatic rings. The van der Waals surface area contributed by atoms with Gasteiger partial charge in [-0.25, -0.2) is 0 Å². The van der Waals surface area contributed by atoms with Crippen LogP contribution in [0.25, 0.3) is 17.1 Å². The maximum absolute atomic E-state index is 4.52. The Balaban J connectivity index is 2.26. The van der Waals surface area contributed by atoms with Crippen molar-refractivity contribution in [1.82, 2.24) is 14.8 Å². The van der Waals surface area contributed by atoms with E-state index in [1.807, 2.05) is 12.1 Å². The van der Waals surface area contributed by atoms with Crippen LogP contribution in [0, 0.1) is 0 Å². The molecule has 4 heteroatoms. The standard InChI is InChI=1S/C19H22BrN3/c1-12(2)18-21-22-19(15-9-6-10-16(20)11-15)23(18)17-13(3)7-5-8-14(17)4/h6-7,9-12H,5,8H2,1-4H3. The van der Waals surface area contributed by atoms with Gasteiger partial charge in [0.2, 0.25) is 0 Å². The van der Waals surface area contributed by atoms with Crippen LogP contribution in [0.5, 0.6) is 0 Å². The van der Waals surface area contributed by atoms with Crippen LogP contribution >= 0.6 is 15.9 Å². The van der Waals surface area contributed by atoms with Gasteiger partial charge in [-0.1, -0.05) is 48.0 Å². The van der Waals surface area contributed by atoms with Gasteiger partial charge in [-0.3, -0.25) is 4.57 Å². The molecule has 0 aliphatic heterocycles. The molecule has 23 heavy (non-hydrogen) atoms. The van der Waals surface area contributed by atoms with Crippen molar-refractivity contribution in [2.24, 2.45) is 0 Å². The average Bonchev–Trinajstić information content (AvgIpc) is 2.92. The monoisotopic (exact) mass is 371 g/mol. The van der Waals surface area contributed by atoms with E-state index in [0.29, 0.717) is 5.92 Å². The summed E-state index contributed by atoms with van der Waals surface area (Å²) in [6.07, 6.45) is 4.53. The summed E-state index contributed by atoms with van der Waals surface area (Å²) in [6, 6.07) is 8.26. The fourth-order valence-corrected chi connectivity index (χ4v) is 3.53. The SMILES string of the molecule is CC1=CCCC(C)=C1n1c(-c2cccc(Br)c2)nnc1C(C)C. The zero-order valence-corrected chi connectivity index (χ0v) is 15.7. The van der Waals surface area contributed by atoms with Crippen LogP contribution in [-0.2, 0) is 0 Å². The normalized spacial score (nSPS) is 15.3. The summed E-state index contributed by atoms with van der Waals surface area (Å²) < 4.78 is 3.31. The van der Waals surface area contributed by atoms with Crippen molar-refractivity contribution in [3.8, 4) is 11.4 Å². The highest BCUT2D eigenvalue weighted by molar-refractivity contribution is 9.10. The lowest BCUT2D eigenvalue weighted by Crippen LogP contribution is -2.11. The summed E-state index contributed by atoms with van der Waals surface area (Å²) in [5, 5.41) is 9.03. The molecule has 2 aromatic rings. The summed E-state index contributed by atoms with van der Waals surface area (Å²) in [7, 11) is 0. The van der Waals surface area contributed by atoms with E-state index in [4.69, 9.17) is 0 Å². The Hall–Kier alpha value is -1.68. The Labute approximate surface area is 146 Å². The number of nitrogens with zero attached hydrogens (tertiary/aromatic N) is 3. The smallest absolute Gasteiger partial charge is 0.168 e. The highest BCUT2D eigenvalue weighted by Crippen LogP contribution is 2.35. The van der Waals surface area contributed by atoms with Gasteiger partial charge in [-0.05, 0) is 50.0 Å². The largest absolute Gasteiger partial charge is 0.279 e. The molecule has 0 unspecified atom stereocenters. The van der Waals surface area contributed by atoms with E-state index in [-0.39, 0.29) is 0 Å². The van der Waals surface area contributed by atoms with E-state index in [2.05, 4.69) is 76.6 Å². The van der Waals surface area contributed by atoms with Crippen LogP contribution in [0.2, 0.25) is 0 Å². The lowest BCUT2D eigenvalue weighted by Gasteiger charge is -2.22. The number of benzene rings is 1. The Morgan fingerprint density at radius 1 is 1.17 bits per heavy atom. The summed E-state index contributed by atoms with van der Waals surface area (Å²) in [4.78, 5) is 0. The minimum Gasteiger partial charge on any atom is -0.279 e. The maximum Gasteiger partial charge on any atom is 0.168 e. The molecule has 1 aliphatic carbocycles. The molecule has 0 spiro atoms. The van der Waals surface area contributed by atoms with Crippen LogP contribution in [0.3, 0.4) is 0 Å². The van der Waals surface area contributed by atoms with E-state index >= 15 is 0 Å². The number of hydrogen-bond donors (Lipinski definition) is 0. The van der Waals surface area contributed by atoms with Crippen molar-refractivity contribution < 1.29 is 0 Å². The fourth-order valence-electron chi connectivity index (χ4n) is 3.13. The van der Waals surface area contributed by atoms with Gasteiger partial charge in [0.1, 0.15) is 5.82 Å². The van der Waals surface area contributed by atoms with Crippen molar-refractivity contribution in [3.63, 3.8) is 0 Å². The molecule has 0 amide bonds. The second-order valence-electron chi connectivity index (χ2n) is 6.44. The fraction of sp³-hybridized carbons (Fsp3) is 0.368. The Morgan fingerprint density at radius 3 is 2.61 bits per heavy atom. The molecule has 0 bridgehead atoms. The molecular weight excluding hydrogens is 350 g/mol. The zero-order valence-electron chi connectivity index (χ0n) is 14.1. The first-order valence-electron chi connectivity index (χ1n) is 8.07. The molecule has 0 atom stereocenters. The molecule has 3 nitrogen and oxygen atoms in total. The van der Waals surface area contributed by atoms with Crippen LogP contribution in [0.1, 0.15) is 52.3 Å². The molecule has 120 valence electrons. The van der Waals surface area contributed by atoms with Crippen LogP contribution in [0.15, 0.2) is 46.0 Å². The second-order valence-corrected chi connectivity index (χ2v) is 7.35. The highest BCUT2D eigenvalue weighted by Gasteiger charge is 2.23. The summed E-state index contributed by atoms with van der Waals surface area (Å²) >= 11 is 3.56. The minimum atomic E-state index is 0.318. The van der Waals surface area contributed by atoms with Crippen molar-refractivity contribution in [2.75, 3.05) is 0 Å². The van der Waals surface area contributed by atoms with Gasteiger partial charge in [-0.2, -0.15) is 0 Å². The number of rotatable bonds is 3. The molecular formula is C19H22BrN3. The van der Waals surface area contributed by atoms with Gasteiger partial charge in [0.05, 0.1) is 5.70 Å². The lowest BCUT2D eigenvalue weighted by atomic mass is 9.97. The quantitative estimate of drug-likeness (QED) is 0.682. The van der Waals surface area contributed by atoms with Gasteiger partial charge in [0.15, 0.2) is 5.82 Å². The molecule has 0 saturated carbocycles. The Bertz CT molecular complexity index is 797. The van der Waals surface area contributed by atoms with Gasteiger partial charge in [0.25, 0.3) is 0 Å². The Kier molecular flexibility index (Phi) is 4.53. The molecule has 1 heterocycles. The predicted molar refractivity (Wildman–Crippen MR) is 99.1 cm³/mol. The van der Waals surface area contributed by atoms with Crippen molar-refractivity contribution in [1.29, 1.82) is 0 Å². The second kappa shape index (κ2) is 6.44. The van der Waals surface area contributed by atoms with Gasteiger partial charge >= 0.3 is 0 Å². The lowest BCUT2D eigenvalue weighted by molar-refractivity contribution is 0.745. The summed E-state index contributed by atoms with van der Waals surface area (Å²) in [6.45, 7) is 8.75. The molecule has 3 rings (SSSR count). The van der Waals surface area contributed by atoms with E-state index in [1.54, 1.807) is 0 Å². The highest BCUT2D eigenvalue weighted by atomic mass is 79.9. The number of hydrogen-bond acceptors (Lipinski definition) is 2. The van der Waals surface area contributed by atoms with E-state index < -0.39 is 0 Å². The third kappa shape index (κ3) is 3.05. The molecule has 1 aromatic carbocycles. The minimum absolute atomic E-state index is 0.318. The van der Waals surface area contributed by atoms with E-state index in [9.17, 15) is 0 Å². The summed E-state index contributed by atoms with van der Waals surface area (Å²) in [5.41, 5.74) is 5.06. The van der Waals surface area contributed by atoms with Crippen molar-refractivity contribution >= 4 is 21.6 Å². The summed E-state index contributed by atoms with van der Waals surface area (Å²) in [5.74, 6) is 2.25. The molecule has 0 fully saturated rings. The number of allylic oxidation sites excluding steroid dienone is 4. The van der Waals surface area contributed by atoms with Crippen LogP contribution in [-0.4, -0.2) is 14.8 Å². The Morgan fingerprint density at radius 2 is 1.96 bits per heavy atom. The molecule has 1 aromatic heterocycles. The third-order valence-electron chi connectivity index (χ3n) is 4.26. The van der Waals surface area contributed by atoms with Crippen LogP contribution in [0.4, 0.5) is 0 Å². The average molecular weight is 372 g/mol. The first kappa shape index (κ1) is 16.2. The van der Waals surface area contributed by atoms with E-state index in [0.717, 1.165) is 34.5 Å². The maximum atomic E-state index is 4.52. The molecule has 0 N–H and O–H groups in total. The first-order valence-corrected chi connectivity index (χ1v) is 8.87. The topological polar surface area (TPSA) is 30.7 Å². The van der Waals surface area contributed by atoms with Crippen molar-refractivity contribution in [3.05, 3.63) is 51.8 Å². The molecule has 0 saturated heterocycles. The van der Waals surface area contributed by atoms with Gasteiger partial charge in [0, 0.05) is 16.0 Å². The number of aromatic nitrogens is 3. The van der Waals surface area contributed by atoms with Gasteiger partial charge < -0.3 is 0 Å². The zero-order chi connectivity index (χ0) is 16.6. The predicted octanol–water partition coefficient (Wildman–Crippen LogP) is 5.80. The van der Waals surface area contributed by atoms with E-state index in [1.165, 1.54) is 16.8 Å². The van der Waals surface area contributed by atoms with Gasteiger partial charge in [-0.15, -0.1) is 10.2 Å².